The third-order valence-electron chi connectivity index (χ3n) is 5.04. The molecule has 3 N–H and O–H groups in total. The summed E-state index contributed by atoms with van der Waals surface area (Å²) in [6.45, 7) is 6.40. The predicted molar refractivity (Wildman–Crippen MR) is 101 cm³/mol. The fourth-order valence-electron chi connectivity index (χ4n) is 3.51. The highest BCUT2D eigenvalue weighted by Crippen LogP contribution is 2.27. The van der Waals surface area contributed by atoms with Gasteiger partial charge in [-0.1, -0.05) is 0 Å². The summed E-state index contributed by atoms with van der Waals surface area (Å²) in [6, 6.07) is 2.13. The highest BCUT2D eigenvalue weighted by molar-refractivity contribution is 5.40. The van der Waals surface area contributed by atoms with Crippen LogP contribution in [0.4, 0.5) is 0 Å². The minimum atomic E-state index is -0.133. The van der Waals surface area contributed by atoms with Crippen LogP contribution >= 0.6 is 0 Å². The van der Waals surface area contributed by atoms with E-state index in [4.69, 9.17) is 10.2 Å². The molecule has 0 amide bonds. The van der Waals surface area contributed by atoms with Gasteiger partial charge in [0.25, 0.3) is 0 Å². The first-order valence-corrected chi connectivity index (χ1v) is 9.36. The number of aryl methyl sites for hydroxylation is 1. The molecule has 2 aromatic heterocycles. The zero-order chi connectivity index (χ0) is 19.4. The van der Waals surface area contributed by atoms with Crippen LogP contribution in [-0.4, -0.2) is 66.6 Å². The summed E-state index contributed by atoms with van der Waals surface area (Å²) in [5.74, 6) is 0.173. The van der Waals surface area contributed by atoms with Gasteiger partial charge in [-0.2, -0.15) is 5.10 Å². The van der Waals surface area contributed by atoms with E-state index in [1.807, 2.05) is 7.05 Å². The highest BCUT2D eigenvalue weighted by atomic mass is 16.3. The van der Waals surface area contributed by atoms with Crippen LogP contribution in [-0.2, 0) is 32.8 Å². The average Bonchev–Trinajstić information content (AvgIpc) is 3.05. The molecule has 0 aliphatic carbocycles. The van der Waals surface area contributed by atoms with Crippen LogP contribution in [0.5, 0.6) is 5.75 Å². The Morgan fingerprint density at radius 1 is 1.26 bits per heavy atom. The molecule has 27 heavy (non-hydrogen) atoms. The Morgan fingerprint density at radius 2 is 2.07 bits per heavy atom. The normalized spacial score (nSPS) is 14.7. The van der Waals surface area contributed by atoms with Crippen molar-refractivity contribution in [2.24, 2.45) is 0 Å². The number of hydrogen-bond donors (Lipinski definition) is 3. The molecule has 0 spiro atoms. The van der Waals surface area contributed by atoms with Gasteiger partial charge >= 0.3 is 0 Å². The number of fused-ring (bicyclic) bond motifs is 1. The van der Waals surface area contributed by atoms with E-state index in [-0.39, 0.29) is 19.0 Å². The molecule has 3 heterocycles. The highest BCUT2D eigenvalue weighted by Gasteiger charge is 2.21. The molecule has 0 radical (unpaired) electrons. The summed E-state index contributed by atoms with van der Waals surface area (Å²) in [5.41, 5.74) is 4.19. The first-order chi connectivity index (χ1) is 13.0. The van der Waals surface area contributed by atoms with E-state index in [1.54, 1.807) is 13.1 Å². The molecule has 0 unspecified atom stereocenters. The van der Waals surface area contributed by atoms with Crippen molar-refractivity contribution in [3.05, 3.63) is 40.5 Å². The lowest BCUT2D eigenvalue weighted by atomic mass is 10.1. The van der Waals surface area contributed by atoms with E-state index in [2.05, 4.69) is 25.5 Å². The molecule has 8 nitrogen and oxygen atoms in total. The van der Waals surface area contributed by atoms with Crippen LogP contribution in [0.25, 0.3) is 0 Å². The van der Waals surface area contributed by atoms with Gasteiger partial charge in [-0.25, -0.2) is 0 Å². The van der Waals surface area contributed by atoms with Crippen LogP contribution in [0.15, 0.2) is 12.3 Å². The van der Waals surface area contributed by atoms with E-state index in [0.29, 0.717) is 17.8 Å². The smallest absolute Gasteiger partial charge is 0.141 e. The van der Waals surface area contributed by atoms with E-state index >= 15 is 0 Å². The zero-order valence-corrected chi connectivity index (χ0v) is 16.1. The summed E-state index contributed by atoms with van der Waals surface area (Å²) in [7, 11) is 2.03. The van der Waals surface area contributed by atoms with Crippen molar-refractivity contribution in [2.75, 3.05) is 26.7 Å². The van der Waals surface area contributed by atoms with Gasteiger partial charge in [-0.05, 0) is 26.5 Å². The fourth-order valence-corrected chi connectivity index (χ4v) is 3.51. The monoisotopic (exact) mass is 375 g/mol. The van der Waals surface area contributed by atoms with E-state index in [9.17, 15) is 10.2 Å². The maximum absolute atomic E-state index is 10.4. The van der Waals surface area contributed by atoms with Crippen molar-refractivity contribution in [3.63, 3.8) is 0 Å². The van der Waals surface area contributed by atoms with Crippen molar-refractivity contribution < 1.29 is 15.3 Å². The van der Waals surface area contributed by atoms with Crippen LogP contribution in [0.3, 0.4) is 0 Å². The summed E-state index contributed by atoms with van der Waals surface area (Å²) in [5, 5.41) is 33.6. The van der Waals surface area contributed by atoms with Crippen molar-refractivity contribution in [1.29, 1.82) is 0 Å². The van der Waals surface area contributed by atoms with Crippen molar-refractivity contribution >= 4 is 0 Å². The van der Waals surface area contributed by atoms with Crippen molar-refractivity contribution in [1.82, 2.24) is 24.6 Å². The Morgan fingerprint density at radius 3 is 2.81 bits per heavy atom. The molecule has 1 aliphatic rings. The van der Waals surface area contributed by atoms with Gasteiger partial charge < -0.3 is 20.2 Å². The molecule has 0 atom stereocenters. The first-order valence-electron chi connectivity index (χ1n) is 9.36. The Kier molecular flexibility index (Phi) is 6.43. The second-order valence-corrected chi connectivity index (χ2v) is 7.23. The van der Waals surface area contributed by atoms with Gasteiger partial charge in [-0.3, -0.25) is 14.6 Å². The summed E-state index contributed by atoms with van der Waals surface area (Å²) in [4.78, 5) is 8.54. The van der Waals surface area contributed by atoms with E-state index < -0.39 is 0 Å². The number of nitrogens with zero attached hydrogens (tertiary/aromatic N) is 5. The van der Waals surface area contributed by atoms with Gasteiger partial charge in [0.1, 0.15) is 5.75 Å². The summed E-state index contributed by atoms with van der Waals surface area (Å²) < 4.78 is 2.05. The van der Waals surface area contributed by atoms with Gasteiger partial charge in [0.2, 0.25) is 0 Å². The number of aromatic hydroxyl groups is 1. The lowest BCUT2D eigenvalue weighted by Gasteiger charge is -2.28. The minimum absolute atomic E-state index is 0.133. The maximum Gasteiger partial charge on any atom is 0.141 e. The van der Waals surface area contributed by atoms with Gasteiger partial charge in [0.05, 0.1) is 30.2 Å². The quantitative estimate of drug-likeness (QED) is 0.622. The predicted octanol–water partition coefficient (Wildman–Crippen LogP) is 0.614. The summed E-state index contributed by atoms with van der Waals surface area (Å²) in [6.07, 6.45) is 2.40. The number of aliphatic hydroxyl groups excluding tert-OH is 2. The number of rotatable bonds is 8. The van der Waals surface area contributed by atoms with Crippen LogP contribution < -0.4 is 0 Å². The molecule has 0 fully saturated rings. The van der Waals surface area contributed by atoms with E-state index in [0.717, 1.165) is 56.1 Å². The minimum Gasteiger partial charge on any atom is -0.506 e. The lowest BCUT2D eigenvalue weighted by Crippen LogP contribution is -2.33. The topological polar surface area (TPSA) is 97.9 Å². The number of aliphatic hydroxyl groups is 2. The van der Waals surface area contributed by atoms with Crippen LogP contribution in [0, 0.1) is 6.92 Å². The molecule has 1 aliphatic heterocycles. The summed E-state index contributed by atoms with van der Waals surface area (Å²) >= 11 is 0. The molecule has 3 rings (SSSR count). The molecule has 8 heteroatoms. The van der Waals surface area contributed by atoms with Crippen LogP contribution in [0.2, 0.25) is 0 Å². The Labute approximate surface area is 159 Å². The molecule has 0 saturated heterocycles. The first kappa shape index (κ1) is 19.8. The van der Waals surface area contributed by atoms with Crippen molar-refractivity contribution in [3.8, 4) is 5.75 Å². The largest absolute Gasteiger partial charge is 0.506 e. The second-order valence-electron chi connectivity index (χ2n) is 7.23. The SMILES string of the molecule is Cc1ncc(CO)c(CN2CCn3nc(CN(C)CCCO)cc3C2)c1O. The number of aromatic nitrogens is 3. The Hall–Kier alpha value is -2.00. The molecule has 2 aromatic rings. The third kappa shape index (κ3) is 4.65. The number of pyridine rings is 1. The maximum atomic E-state index is 10.4. The second kappa shape index (κ2) is 8.79. The van der Waals surface area contributed by atoms with Gasteiger partial charge in [0.15, 0.2) is 0 Å². The lowest BCUT2D eigenvalue weighted by molar-refractivity contribution is 0.199. The molecule has 0 saturated carbocycles. The molecular formula is C19H29N5O3. The van der Waals surface area contributed by atoms with Gasteiger partial charge in [0, 0.05) is 56.7 Å². The fraction of sp³-hybridized carbons (Fsp3) is 0.579. The van der Waals surface area contributed by atoms with Crippen LogP contribution in [0.1, 0.15) is 34.6 Å². The van der Waals surface area contributed by atoms with Crippen molar-refractivity contribution in [2.45, 2.75) is 46.1 Å². The average molecular weight is 375 g/mol. The van der Waals surface area contributed by atoms with E-state index in [1.165, 1.54) is 0 Å². The third-order valence-corrected chi connectivity index (χ3v) is 5.04. The standard InChI is InChI=1S/C19H29N5O3/c1-14-19(27)18(15(13-26)9-20-14)12-23-5-6-24-17(11-23)8-16(21-24)10-22(2)4-3-7-25/h8-9,25-27H,3-7,10-13H2,1-2H3. The van der Waals surface area contributed by atoms with Gasteiger partial charge in [-0.15, -0.1) is 0 Å². The molecule has 148 valence electrons. The zero-order valence-electron chi connectivity index (χ0n) is 16.1. The Balaban J connectivity index is 1.68. The number of hydrogen-bond acceptors (Lipinski definition) is 7. The molecule has 0 aromatic carbocycles. The molecular weight excluding hydrogens is 346 g/mol. The molecule has 0 bridgehead atoms. The Bertz CT molecular complexity index is 777.